The number of carbonyl (C=O) groups is 2. The molecule has 3 aromatic carbocycles. The largest absolute Gasteiger partial charge is 0.505 e. The molecule has 3 N–H and O–H groups in total. The first-order valence-electron chi connectivity index (χ1n) is 11.1. The van der Waals surface area contributed by atoms with Crippen LogP contribution in [0.2, 0.25) is 0 Å². The molecule has 0 aliphatic rings. The van der Waals surface area contributed by atoms with E-state index in [1.165, 1.54) is 6.07 Å². The maximum absolute atomic E-state index is 14.0. The van der Waals surface area contributed by atoms with Crippen molar-refractivity contribution in [1.29, 1.82) is 0 Å². The Morgan fingerprint density at radius 2 is 1.61 bits per heavy atom. The molecular weight excluding hydrogens is 511 g/mol. The number of carboxylic acids is 1. The predicted octanol–water partition coefficient (Wildman–Crippen LogP) is 5.69. The molecular formula is C27H21F5N2O4. The summed E-state index contributed by atoms with van der Waals surface area (Å²) in [5.74, 6) is -5.16. The Morgan fingerprint density at radius 1 is 0.921 bits per heavy atom. The van der Waals surface area contributed by atoms with Gasteiger partial charge >= 0.3 is 12.1 Å². The lowest BCUT2D eigenvalue weighted by Crippen LogP contribution is -2.29. The molecule has 1 unspecified atom stereocenters. The van der Waals surface area contributed by atoms with E-state index in [0.29, 0.717) is 23.1 Å². The number of carbonyl (C=O) groups excluding carboxylic acids is 1. The molecule has 11 heteroatoms. The number of hydrogen-bond donors (Lipinski definition) is 3. The summed E-state index contributed by atoms with van der Waals surface area (Å²) in [6, 6.07) is 19.1. The van der Waals surface area contributed by atoms with Crippen molar-refractivity contribution >= 4 is 22.8 Å². The Kier molecular flexibility index (Phi) is 8.95. The van der Waals surface area contributed by atoms with Gasteiger partial charge in [-0.05, 0) is 35.7 Å². The maximum Gasteiger partial charge on any atom is 0.490 e. The molecule has 4 aromatic rings. The number of nitrogens with one attached hydrogen (secondary N) is 1. The van der Waals surface area contributed by atoms with Crippen molar-refractivity contribution in [3.63, 3.8) is 0 Å². The number of pyridine rings is 1. The quantitative estimate of drug-likeness (QED) is 0.277. The monoisotopic (exact) mass is 532 g/mol. The van der Waals surface area contributed by atoms with Gasteiger partial charge in [0.05, 0.1) is 6.04 Å². The van der Waals surface area contributed by atoms with Gasteiger partial charge in [-0.2, -0.15) is 13.2 Å². The molecule has 1 amide bonds. The van der Waals surface area contributed by atoms with Gasteiger partial charge < -0.3 is 15.5 Å². The van der Waals surface area contributed by atoms with Crippen LogP contribution in [-0.4, -0.2) is 33.2 Å². The fraction of sp³-hybridized carbons (Fsp3) is 0.148. The van der Waals surface area contributed by atoms with Crippen molar-refractivity contribution in [3.05, 3.63) is 107 Å². The summed E-state index contributed by atoms with van der Waals surface area (Å²) in [4.78, 5) is 25.8. The lowest BCUT2D eigenvalue weighted by Gasteiger charge is -2.22. The standard InChI is InChI=1S/C25H20F2N2O2.C2HF3O2/c26-20-12-10-18(15-21(20)27)23(29-22(30)13-8-16-5-2-1-3-6-16)19-11-9-17-7-4-14-28-24(17)25(19)31;3-2(4,5)1(6)7/h1-7,9-12,14-15,23,31H,8,13H2,(H,29,30);(H,6,7). The second-order valence-corrected chi connectivity index (χ2v) is 8.04. The van der Waals surface area contributed by atoms with Crippen LogP contribution in [0, 0.1) is 11.6 Å². The van der Waals surface area contributed by atoms with Gasteiger partial charge in [0, 0.05) is 23.6 Å². The van der Waals surface area contributed by atoms with Crippen LogP contribution in [0.25, 0.3) is 10.9 Å². The average molecular weight is 532 g/mol. The topological polar surface area (TPSA) is 99.5 Å². The number of aliphatic carboxylic acids is 1. The Balaban J connectivity index is 0.000000505. The van der Waals surface area contributed by atoms with Gasteiger partial charge in [-0.15, -0.1) is 0 Å². The third-order valence-corrected chi connectivity index (χ3v) is 5.40. The minimum atomic E-state index is -5.08. The van der Waals surface area contributed by atoms with E-state index in [1.54, 1.807) is 30.5 Å². The first-order valence-corrected chi connectivity index (χ1v) is 11.1. The summed E-state index contributed by atoms with van der Waals surface area (Å²) in [5.41, 5.74) is 2.05. The van der Waals surface area contributed by atoms with Crippen LogP contribution in [0.4, 0.5) is 22.0 Å². The summed E-state index contributed by atoms with van der Waals surface area (Å²) in [6.45, 7) is 0. The molecule has 6 nitrogen and oxygen atoms in total. The Morgan fingerprint density at radius 3 is 2.24 bits per heavy atom. The van der Waals surface area contributed by atoms with Gasteiger partial charge in [0.1, 0.15) is 11.3 Å². The SMILES string of the molecule is O=C(CCc1ccccc1)NC(c1ccc(F)c(F)c1)c1ccc2cccnc2c1O.O=C(O)C(F)(F)F. The zero-order valence-electron chi connectivity index (χ0n) is 19.5. The number of aromatic hydroxyl groups is 1. The number of phenolic OH excluding ortho intramolecular Hbond substituents is 1. The Labute approximate surface area is 213 Å². The summed E-state index contributed by atoms with van der Waals surface area (Å²) < 4.78 is 59.2. The van der Waals surface area contributed by atoms with Crippen LogP contribution in [0.1, 0.15) is 29.2 Å². The average Bonchev–Trinajstić information content (AvgIpc) is 2.89. The number of fused-ring (bicyclic) bond motifs is 1. The first kappa shape index (κ1) is 28.0. The molecule has 0 aliphatic heterocycles. The van der Waals surface area contributed by atoms with Gasteiger partial charge in [0.15, 0.2) is 11.6 Å². The molecule has 0 spiro atoms. The first-order chi connectivity index (χ1) is 18.0. The minimum absolute atomic E-state index is 0.115. The lowest BCUT2D eigenvalue weighted by molar-refractivity contribution is -0.192. The van der Waals surface area contributed by atoms with Crippen LogP contribution in [0.3, 0.4) is 0 Å². The number of aromatic nitrogens is 1. The van der Waals surface area contributed by atoms with Crippen molar-refractivity contribution in [2.45, 2.75) is 25.1 Å². The molecule has 1 atom stereocenters. The molecule has 0 fully saturated rings. The van der Waals surface area contributed by atoms with Gasteiger partial charge in [-0.3, -0.25) is 9.78 Å². The highest BCUT2D eigenvalue weighted by Gasteiger charge is 2.38. The molecule has 198 valence electrons. The second kappa shape index (κ2) is 12.1. The van der Waals surface area contributed by atoms with E-state index in [1.807, 2.05) is 30.3 Å². The van der Waals surface area contributed by atoms with E-state index >= 15 is 0 Å². The number of carboxylic acid groups (broad SMARTS) is 1. The number of hydrogen-bond acceptors (Lipinski definition) is 4. The van der Waals surface area contributed by atoms with E-state index in [0.717, 1.165) is 23.1 Å². The molecule has 0 radical (unpaired) electrons. The fourth-order valence-electron chi connectivity index (χ4n) is 3.55. The zero-order valence-corrected chi connectivity index (χ0v) is 19.5. The highest BCUT2D eigenvalue weighted by molar-refractivity contribution is 5.86. The number of rotatable bonds is 6. The van der Waals surface area contributed by atoms with Gasteiger partial charge in [0.25, 0.3) is 0 Å². The van der Waals surface area contributed by atoms with Crippen molar-refractivity contribution in [2.75, 3.05) is 0 Å². The van der Waals surface area contributed by atoms with Gasteiger partial charge in [-0.25, -0.2) is 13.6 Å². The summed E-state index contributed by atoms with van der Waals surface area (Å²) in [5, 5.41) is 21.6. The molecule has 1 aromatic heterocycles. The van der Waals surface area contributed by atoms with E-state index in [-0.39, 0.29) is 18.1 Å². The van der Waals surface area contributed by atoms with Crippen LogP contribution in [0.15, 0.2) is 79.0 Å². The van der Waals surface area contributed by atoms with Crippen molar-refractivity contribution in [2.24, 2.45) is 0 Å². The lowest BCUT2D eigenvalue weighted by atomic mass is 9.95. The van der Waals surface area contributed by atoms with Crippen molar-refractivity contribution in [1.82, 2.24) is 10.3 Å². The maximum atomic E-state index is 14.0. The Bertz CT molecular complexity index is 1430. The number of aryl methyl sites for hydroxylation is 1. The summed E-state index contributed by atoms with van der Waals surface area (Å²) in [6.07, 6.45) is -2.80. The summed E-state index contributed by atoms with van der Waals surface area (Å²) in [7, 11) is 0. The zero-order chi connectivity index (χ0) is 27.9. The fourth-order valence-corrected chi connectivity index (χ4v) is 3.55. The number of phenols is 1. The molecule has 0 saturated heterocycles. The number of amides is 1. The van der Waals surface area contributed by atoms with E-state index in [4.69, 9.17) is 9.90 Å². The van der Waals surface area contributed by atoms with Crippen molar-refractivity contribution in [3.8, 4) is 5.75 Å². The van der Waals surface area contributed by atoms with Crippen LogP contribution >= 0.6 is 0 Å². The molecule has 0 saturated carbocycles. The smallest absolute Gasteiger partial charge is 0.490 e. The number of alkyl halides is 3. The predicted molar refractivity (Wildman–Crippen MR) is 128 cm³/mol. The van der Waals surface area contributed by atoms with Crippen LogP contribution < -0.4 is 5.32 Å². The van der Waals surface area contributed by atoms with Crippen LogP contribution in [-0.2, 0) is 16.0 Å². The number of halogens is 5. The molecule has 38 heavy (non-hydrogen) atoms. The number of nitrogens with zero attached hydrogens (tertiary/aromatic N) is 1. The normalized spacial score (nSPS) is 11.8. The molecule has 1 heterocycles. The molecule has 4 rings (SSSR count). The van der Waals surface area contributed by atoms with Crippen LogP contribution in [0.5, 0.6) is 5.75 Å². The highest BCUT2D eigenvalue weighted by atomic mass is 19.4. The van der Waals surface area contributed by atoms with E-state index in [9.17, 15) is 31.9 Å². The second-order valence-electron chi connectivity index (χ2n) is 8.04. The third kappa shape index (κ3) is 7.25. The van der Waals surface area contributed by atoms with Gasteiger partial charge in [0.2, 0.25) is 5.91 Å². The minimum Gasteiger partial charge on any atom is -0.505 e. The van der Waals surface area contributed by atoms with E-state index < -0.39 is 29.8 Å². The van der Waals surface area contributed by atoms with Gasteiger partial charge in [-0.1, -0.05) is 54.6 Å². The van der Waals surface area contributed by atoms with Crippen molar-refractivity contribution < 1.29 is 41.8 Å². The van der Waals surface area contributed by atoms with E-state index in [2.05, 4.69) is 10.3 Å². The highest BCUT2D eigenvalue weighted by Crippen LogP contribution is 2.35. The number of benzene rings is 3. The third-order valence-electron chi connectivity index (χ3n) is 5.40. The molecule has 0 bridgehead atoms. The summed E-state index contributed by atoms with van der Waals surface area (Å²) >= 11 is 0. The molecule has 0 aliphatic carbocycles. The Hall–Kier alpha value is -4.54.